The summed E-state index contributed by atoms with van der Waals surface area (Å²) in [6.07, 6.45) is 0. The van der Waals surface area contributed by atoms with E-state index in [0.29, 0.717) is 0 Å². The number of methoxy groups -OCH3 is 1. The van der Waals surface area contributed by atoms with Gasteiger partial charge in [-0.1, -0.05) is 0 Å². The third-order valence-electron chi connectivity index (χ3n) is 2.52. The van der Waals surface area contributed by atoms with Crippen LogP contribution in [0.25, 0.3) is 0 Å². The SMILES string of the molecule is COC(C)(C)C(=O)Nc1ccc(F)cc1C(=O)O. The summed E-state index contributed by atoms with van der Waals surface area (Å²) >= 11 is 0. The monoisotopic (exact) mass is 255 g/mol. The third-order valence-corrected chi connectivity index (χ3v) is 2.52. The molecular weight excluding hydrogens is 241 g/mol. The predicted octanol–water partition coefficient (Wildman–Crippen LogP) is 1.89. The molecule has 1 rings (SSSR count). The molecule has 1 aromatic rings. The number of halogens is 1. The standard InChI is InChI=1S/C12H14FNO4/c1-12(2,18-3)11(17)14-9-5-4-7(13)6-8(9)10(15)16/h4-6H,1-3H3,(H,14,17)(H,15,16). The summed E-state index contributed by atoms with van der Waals surface area (Å²) in [6, 6.07) is 3.11. The van der Waals surface area contributed by atoms with E-state index in [4.69, 9.17) is 9.84 Å². The second-order valence-electron chi connectivity index (χ2n) is 4.16. The fraction of sp³-hybridized carbons (Fsp3) is 0.333. The minimum absolute atomic E-state index is 0.0269. The lowest BCUT2D eigenvalue weighted by Gasteiger charge is -2.22. The maximum absolute atomic E-state index is 12.9. The number of carbonyl (C=O) groups excluding carboxylic acids is 1. The fourth-order valence-electron chi connectivity index (χ4n) is 1.17. The zero-order valence-corrected chi connectivity index (χ0v) is 10.3. The van der Waals surface area contributed by atoms with Crippen LogP contribution in [0.15, 0.2) is 18.2 Å². The lowest BCUT2D eigenvalue weighted by molar-refractivity contribution is -0.133. The molecule has 98 valence electrons. The van der Waals surface area contributed by atoms with Crippen molar-refractivity contribution in [2.45, 2.75) is 19.4 Å². The van der Waals surface area contributed by atoms with Gasteiger partial charge >= 0.3 is 5.97 Å². The molecular formula is C12H14FNO4. The van der Waals surface area contributed by atoms with Crippen LogP contribution in [0.3, 0.4) is 0 Å². The highest BCUT2D eigenvalue weighted by Crippen LogP contribution is 2.19. The zero-order valence-electron chi connectivity index (χ0n) is 10.3. The van der Waals surface area contributed by atoms with Gasteiger partial charge in [-0.2, -0.15) is 0 Å². The zero-order chi connectivity index (χ0) is 13.9. The number of hydrogen-bond acceptors (Lipinski definition) is 3. The maximum Gasteiger partial charge on any atom is 0.337 e. The van der Waals surface area contributed by atoms with E-state index in [2.05, 4.69) is 5.32 Å². The Bertz CT molecular complexity index is 485. The summed E-state index contributed by atoms with van der Waals surface area (Å²) < 4.78 is 17.9. The summed E-state index contributed by atoms with van der Waals surface area (Å²) in [5.41, 5.74) is -1.39. The molecule has 0 bridgehead atoms. The average Bonchev–Trinajstić information content (AvgIpc) is 2.31. The Balaban J connectivity index is 3.05. The van der Waals surface area contributed by atoms with Crippen molar-refractivity contribution < 1.29 is 23.8 Å². The van der Waals surface area contributed by atoms with Crippen LogP contribution in [0, 0.1) is 5.82 Å². The average molecular weight is 255 g/mol. The van der Waals surface area contributed by atoms with E-state index in [1.54, 1.807) is 0 Å². The second-order valence-corrected chi connectivity index (χ2v) is 4.16. The van der Waals surface area contributed by atoms with Crippen LogP contribution in [0.1, 0.15) is 24.2 Å². The van der Waals surface area contributed by atoms with Crippen LogP contribution in [0.2, 0.25) is 0 Å². The highest BCUT2D eigenvalue weighted by molar-refractivity contribution is 6.03. The van der Waals surface area contributed by atoms with Crippen molar-refractivity contribution in [3.8, 4) is 0 Å². The van der Waals surface area contributed by atoms with Gasteiger partial charge in [0.15, 0.2) is 0 Å². The molecule has 0 aliphatic heterocycles. The van der Waals surface area contributed by atoms with Crippen molar-refractivity contribution in [2.24, 2.45) is 0 Å². The molecule has 6 heteroatoms. The Hall–Kier alpha value is -1.95. The molecule has 0 saturated heterocycles. The number of anilines is 1. The highest BCUT2D eigenvalue weighted by Gasteiger charge is 2.28. The Kier molecular flexibility index (Phi) is 4.03. The molecule has 1 amide bonds. The number of aromatic carboxylic acids is 1. The topological polar surface area (TPSA) is 75.6 Å². The van der Waals surface area contributed by atoms with Crippen molar-refractivity contribution in [1.29, 1.82) is 0 Å². The van der Waals surface area contributed by atoms with Gasteiger partial charge in [-0.05, 0) is 32.0 Å². The molecule has 18 heavy (non-hydrogen) atoms. The number of carbonyl (C=O) groups is 2. The van der Waals surface area contributed by atoms with E-state index < -0.39 is 23.3 Å². The van der Waals surface area contributed by atoms with Crippen LogP contribution in [-0.2, 0) is 9.53 Å². The quantitative estimate of drug-likeness (QED) is 0.861. The van der Waals surface area contributed by atoms with Gasteiger partial charge in [0.2, 0.25) is 0 Å². The van der Waals surface area contributed by atoms with Crippen molar-refractivity contribution in [3.63, 3.8) is 0 Å². The predicted molar refractivity (Wildman–Crippen MR) is 63.1 cm³/mol. The molecule has 0 spiro atoms. The maximum atomic E-state index is 12.9. The first kappa shape index (κ1) is 14.1. The van der Waals surface area contributed by atoms with E-state index in [0.717, 1.165) is 12.1 Å². The molecule has 0 saturated carbocycles. The second kappa shape index (κ2) is 5.14. The smallest absolute Gasteiger partial charge is 0.337 e. The number of nitrogens with one attached hydrogen (secondary N) is 1. The number of carboxylic acid groups (broad SMARTS) is 1. The van der Waals surface area contributed by atoms with Crippen molar-refractivity contribution in [2.75, 3.05) is 12.4 Å². The number of ether oxygens (including phenoxy) is 1. The van der Waals surface area contributed by atoms with Crippen LogP contribution >= 0.6 is 0 Å². The van der Waals surface area contributed by atoms with E-state index in [1.807, 2.05) is 0 Å². The first-order valence-electron chi connectivity index (χ1n) is 5.17. The number of rotatable bonds is 4. The third kappa shape index (κ3) is 3.04. The molecule has 0 aliphatic carbocycles. The summed E-state index contributed by atoms with van der Waals surface area (Å²) in [5, 5.41) is 11.3. The molecule has 0 unspecified atom stereocenters. The fourth-order valence-corrected chi connectivity index (χ4v) is 1.17. The molecule has 0 atom stereocenters. The van der Waals surface area contributed by atoms with Crippen molar-refractivity contribution in [3.05, 3.63) is 29.6 Å². The van der Waals surface area contributed by atoms with Gasteiger partial charge in [0, 0.05) is 7.11 Å². The van der Waals surface area contributed by atoms with Gasteiger partial charge in [-0.3, -0.25) is 4.79 Å². The molecule has 0 aromatic heterocycles. The van der Waals surface area contributed by atoms with Gasteiger partial charge in [0.25, 0.3) is 5.91 Å². The first-order chi connectivity index (χ1) is 8.27. The van der Waals surface area contributed by atoms with Gasteiger partial charge < -0.3 is 15.2 Å². The van der Waals surface area contributed by atoms with Crippen LogP contribution in [0.4, 0.5) is 10.1 Å². The summed E-state index contributed by atoms with van der Waals surface area (Å²) in [4.78, 5) is 22.7. The van der Waals surface area contributed by atoms with Crippen molar-refractivity contribution >= 4 is 17.6 Å². The number of benzene rings is 1. The minimum Gasteiger partial charge on any atom is -0.478 e. The molecule has 0 heterocycles. The summed E-state index contributed by atoms with van der Waals surface area (Å²) in [6.45, 7) is 3.07. The Morgan fingerprint density at radius 3 is 2.50 bits per heavy atom. The number of carboxylic acids is 1. The van der Waals surface area contributed by atoms with Gasteiger partial charge in [-0.15, -0.1) is 0 Å². The minimum atomic E-state index is -1.32. The van der Waals surface area contributed by atoms with E-state index >= 15 is 0 Å². The molecule has 0 fully saturated rings. The van der Waals surface area contributed by atoms with Crippen molar-refractivity contribution in [1.82, 2.24) is 0 Å². The number of amides is 1. The summed E-state index contributed by atoms with van der Waals surface area (Å²) in [7, 11) is 1.36. The van der Waals surface area contributed by atoms with E-state index in [1.165, 1.54) is 27.0 Å². The lowest BCUT2D eigenvalue weighted by atomic mass is 10.1. The van der Waals surface area contributed by atoms with Gasteiger partial charge in [-0.25, -0.2) is 9.18 Å². The molecule has 1 aromatic carbocycles. The number of hydrogen-bond donors (Lipinski definition) is 2. The summed E-state index contributed by atoms with van der Waals surface area (Å²) in [5.74, 6) is -2.52. The van der Waals surface area contributed by atoms with Crippen LogP contribution in [-0.4, -0.2) is 29.7 Å². The molecule has 5 nitrogen and oxygen atoms in total. The molecule has 0 radical (unpaired) electrons. The van der Waals surface area contributed by atoms with E-state index in [-0.39, 0.29) is 11.3 Å². The van der Waals surface area contributed by atoms with E-state index in [9.17, 15) is 14.0 Å². The van der Waals surface area contributed by atoms with Crippen LogP contribution < -0.4 is 5.32 Å². The Morgan fingerprint density at radius 1 is 1.39 bits per heavy atom. The highest BCUT2D eigenvalue weighted by atomic mass is 19.1. The Morgan fingerprint density at radius 2 is 2.00 bits per heavy atom. The lowest BCUT2D eigenvalue weighted by Crippen LogP contribution is -2.39. The van der Waals surface area contributed by atoms with Crippen LogP contribution in [0.5, 0.6) is 0 Å². The normalized spacial score (nSPS) is 11.1. The molecule has 0 aliphatic rings. The molecule has 2 N–H and O–H groups in total. The largest absolute Gasteiger partial charge is 0.478 e. The van der Waals surface area contributed by atoms with Gasteiger partial charge in [0.05, 0.1) is 11.3 Å². The first-order valence-corrected chi connectivity index (χ1v) is 5.17. The van der Waals surface area contributed by atoms with Gasteiger partial charge in [0.1, 0.15) is 11.4 Å². The Labute approximate surface area is 104 Å².